The maximum atomic E-state index is 5.86. The second-order valence-corrected chi connectivity index (χ2v) is 4.37. The van der Waals surface area contributed by atoms with Crippen molar-refractivity contribution in [2.45, 2.75) is 20.0 Å². The molecule has 0 aromatic carbocycles. The van der Waals surface area contributed by atoms with E-state index in [1.54, 1.807) is 16.8 Å². The lowest BCUT2D eigenvalue weighted by Crippen LogP contribution is -2.13. The molecule has 0 aliphatic rings. The van der Waals surface area contributed by atoms with E-state index >= 15 is 0 Å². The molecule has 92 valence electrons. The number of rotatable bonds is 5. The number of hydrogen-bond acceptors (Lipinski definition) is 4. The van der Waals surface area contributed by atoms with Crippen molar-refractivity contribution in [1.29, 1.82) is 0 Å². The van der Waals surface area contributed by atoms with Crippen molar-refractivity contribution in [3.05, 3.63) is 23.4 Å². The fraction of sp³-hybridized carbons (Fsp3) is 0.455. The Kier molecular flexibility index (Phi) is 3.81. The first-order valence-corrected chi connectivity index (χ1v) is 5.90. The van der Waals surface area contributed by atoms with Gasteiger partial charge in [0.1, 0.15) is 0 Å². The van der Waals surface area contributed by atoms with Gasteiger partial charge in [-0.25, -0.2) is 4.52 Å². The summed E-state index contributed by atoms with van der Waals surface area (Å²) in [5.41, 5.74) is 0.765. The molecule has 0 unspecified atom stereocenters. The molecule has 2 heterocycles. The average Bonchev–Trinajstić information content (AvgIpc) is 2.66. The van der Waals surface area contributed by atoms with Crippen molar-refractivity contribution >= 4 is 23.2 Å². The maximum Gasteiger partial charge on any atom is 0.243 e. The number of pyridine rings is 1. The lowest BCUT2D eigenvalue weighted by atomic mass is 10.5. The van der Waals surface area contributed by atoms with Crippen LogP contribution in [0.5, 0.6) is 0 Å². The van der Waals surface area contributed by atoms with E-state index in [-0.39, 0.29) is 6.10 Å². The minimum Gasteiger partial charge on any atom is -0.377 e. The highest BCUT2D eigenvalue weighted by Crippen LogP contribution is 2.11. The first kappa shape index (κ1) is 12.1. The van der Waals surface area contributed by atoms with Gasteiger partial charge in [-0.1, -0.05) is 11.6 Å². The topological polar surface area (TPSA) is 51.5 Å². The van der Waals surface area contributed by atoms with Gasteiger partial charge >= 0.3 is 0 Å². The molecule has 0 atom stereocenters. The zero-order valence-corrected chi connectivity index (χ0v) is 10.6. The third-order valence-corrected chi connectivity index (χ3v) is 2.35. The van der Waals surface area contributed by atoms with Gasteiger partial charge in [-0.15, -0.1) is 5.10 Å². The van der Waals surface area contributed by atoms with E-state index in [0.29, 0.717) is 24.1 Å². The Balaban J connectivity index is 1.95. The molecular formula is C11H15ClN4O. The second kappa shape index (κ2) is 5.33. The average molecular weight is 255 g/mol. The quantitative estimate of drug-likeness (QED) is 0.832. The van der Waals surface area contributed by atoms with Crippen molar-refractivity contribution in [2.75, 3.05) is 18.5 Å². The summed E-state index contributed by atoms with van der Waals surface area (Å²) in [4.78, 5) is 4.30. The second-order valence-electron chi connectivity index (χ2n) is 3.93. The van der Waals surface area contributed by atoms with Gasteiger partial charge in [-0.05, 0) is 26.0 Å². The van der Waals surface area contributed by atoms with Crippen LogP contribution in [0, 0.1) is 0 Å². The van der Waals surface area contributed by atoms with Gasteiger partial charge in [0.25, 0.3) is 0 Å². The number of aromatic nitrogens is 3. The predicted octanol–water partition coefficient (Wildman–Crippen LogP) is 2.22. The van der Waals surface area contributed by atoms with Crippen molar-refractivity contribution in [3.8, 4) is 0 Å². The van der Waals surface area contributed by atoms with Crippen LogP contribution in [0.4, 0.5) is 5.95 Å². The van der Waals surface area contributed by atoms with Gasteiger partial charge in [0, 0.05) is 12.7 Å². The molecule has 17 heavy (non-hydrogen) atoms. The van der Waals surface area contributed by atoms with Crippen molar-refractivity contribution in [3.63, 3.8) is 0 Å². The van der Waals surface area contributed by atoms with Crippen LogP contribution in [-0.4, -0.2) is 33.9 Å². The molecule has 0 fully saturated rings. The van der Waals surface area contributed by atoms with Gasteiger partial charge in [0.05, 0.1) is 17.7 Å². The molecule has 0 spiro atoms. The van der Waals surface area contributed by atoms with Crippen molar-refractivity contribution in [1.82, 2.24) is 14.6 Å². The number of halogens is 1. The first-order valence-electron chi connectivity index (χ1n) is 5.52. The minimum atomic E-state index is 0.240. The molecule has 5 nitrogen and oxygen atoms in total. The Labute approximate surface area is 105 Å². The number of hydrogen-bond donors (Lipinski definition) is 1. The van der Waals surface area contributed by atoms with E-state index in [2.05, 4.69) is 15.4 Å². The Morgan fingerprint density at radius 2 is 2.29 bits per heavy atom. The van der Waals surface area contributed by atoms with Gasteiger partial charge < -0.3 is 10.1 Å². The summed E-state index contributed by atoms with van der Waals surface area (Å²) in [5, 5.41) is 7.98. The Bertz CT molecular complexity index is 497. The first-order chi connectivity index (χ1) is 8.15. The normalized spacial score (nSPS) is 11.3. The lowest BCUT2D eigenvalue weighted by molar-refractivity contribution is 0.0870. The van der Waals surface area contributed by atoms with E-state index in [1.165, 1.54) is 0 Å². The Hall–Kier alpha value is -1.33. The molecule has 0 bridgehead atoms. The summed E-state index contributed by atoms with van der Waals surface area (Å²) in [6.45, 7) is 5.33. The number of anilines is 1. The highest BCUT2D eigenvalue weighted by Gasteiger charge is 2.03. The van der Waals surface area contributed by atoms with E-state index in [4.69, 9.17) is 16.3 Å². The number of ether oxygens (including phenoxy) is 1. The lowest BCUT2D eigenvalue weighted by Gasteiger charge is -2.06. The van der Waals surface area contributed by atoms with Crippen LogP contribution in [0.3, 0.4) is 0 Å². The van der Waals surface area contributed by atoms with Gasteiger partial charge in [0.2, 0.25) is 5.95 Å². The molecule has 6 heteroatoms. The highest BCUT2D eigenvalue weighted by atomic mass is 35.5. The highest BCUT2D eigenvalue weighted by molar-refractivity contribution is 6.30. The van der Waals surface area contributed by atoms with E-state index in [9.17, 15) is 0 Å². The monoisotopic (exact) mass is 254 g/mol. The van der Waals surface area contributed by atoms with Crippen LogP contribution in [0.25, 0.3) is 5.65 Å². The standard InChI is InChI=1S/C11H15ClN4O/c1-8(2)17-6-5-13-11-14-10-4-3-9(12)7-16(10)15-11/h3-4,7-8H,5-6H2,1-2H3,(H,13,15). The number of nitrogens with zero attached hydrogens (tertiary/aromatic N) is 3. The van der Waals surface area contributed by atoms with Crippen molar-refractivity contribution in [2.24, 2.45) is 0 Å². The zero-order valence-electron chi connectivity index (χ0n) is 9.85. The SMILES string of the molecule is CC(C)OCCNc1nc2ccc(Cl)cn2n1. The number of nitrogens with one attached hydrogen (secondary N) is 1. The van der Waals surface area contributed by atoms with Crippen LogP contribution >= 0.6 is 11.6 Å². The van der Waals surface area contributed by atoms with Crippen LogP contribution in [0.15, 0.2) is 18.3 Å². The molecule has 2 aromatic heterocycles. The van der Waals surface area contributed by atoms with Gasteiger partial charge in [-0.3, -0.25) is 0 Å². The fourth-order valence-corrected chi connectivity index (χ4v) is 1.55. The fourth-order valence-electron chi connectivity index (χ4n) is 1.39. The minimum absolute atomic E-state index is 0.240. The molecule has 0 aliphatic carbocycles. The van der Waals surface area contributed by atoms with Gasteiger partial charge in [0.15, 0.2) is 5.65 Å². The van der Waals surface area contributed by atoms with E-state index in [0.717, 1.165) is 5.65 Å². The third kappa shape index (κ3) is 3.31. The summed E-state index contributed by atoms with van der Waals surface area (Å²) in [6, 6.07) is 3.61. The summed E-state index contributed by atoms with van der Waals surface area (Å²) in [5.74, 6) is 0.583. The molecule has 2 rings (SSSR count). The summed E-state index contributed by atoms with van der Waals surface area (Å²) in [7, 11) is 0. The van der Waals surface area contributed by atoms with Crippen LogP contribution in [-0.2, 0) is 4.74 Å². The molecular weight excluding hydrogens is 240 g/mol. The van der Waals surface area contributed by atoms with E-state index in [1.807, 2.05) is 19.9 Å². The molecule has 0 amide bonds. The van der Waals surface area contributed by atoms with Crippen LogP contribution in [0.1, 0.15) is 13.8 Å². The largest absolute Gasteiger partial charge is 0.377 e. The molecule has 0 radical (unpaired) electrons. The zero-order chi connectivity index (χ0) is 12.3. The number of fused-ring (bicyclic) bond motifs is 1. The maximum absolute atomic E-state index is 5.86. The molecule has 1 N–H and O–H groups in total. The van der Waals surface area contributed by atoms with Crippen LogP contribution < -0.4 is 5.32 Å². The summed E-state index contributed by atoms with van der Waals surface area (Å²) >= 11 is 5.86. The smallest absolute Gasteiger partial charge is 0.243 e. The molecule has 0 aliphatic heterocycles. The third-order valence-electron chi connectivity index (χ3n) is 2.13. The van der Waals surface area contributed by atoms with Crippen molar-refractivity contribution < 1.29 is 4.74 Å². The van der Waals surface area contributed by atoms with Crippen LogP contribution in [0.2, 0.25) is 5.02 Å². The Morgan fingerprint density at radius 3 is 3.06 bits per heavy atom. The van der Waals surface area contributed by atoms with Gasteiger partial charge in [-0.2, -0.15) is 4.98 Å². The molecule has 0 saturated heterocycles. The molecule has 2 aromatic rings. The summed E-state index contributed by atoms with van der Waals surface area (Å²) < 4.78 is 7.06. The Morgan fingerprint density at radius 1 is 1.47 bits per heavy atom. The summed E-state index contributed by atoms with van der Waals surface area (Å²) in [6.07, 6.45) is 1.96. The predicted molar refractivity (Wildman–Crippen MR) is 67.6 cm³/mol. The van der Waals surface area contributed by atoms with E-state index < -0.39 is 0 Å². The molecule has 0 saturated carbocycles.